The number of aromatic nitrogens is 1. The first-order chi connectivity index (χ1) is 8.20. The van der Waals surface area contributed by atoms with Crippen LogP contribution in [0.15, 0.2) is 12.1 Å². The zero-order valence-corrected chi connectivity index (χ0v) is 12.8. The van der Waals surface area contributed by atoms with Gasteiger partial charge in [-0.25, -0.2) is 4.98 Å². The number of nitrogens with zero attached hydrogens (tertiary/aromatic N) is 2. The van der Waals surface area contributed by atoms with Crippen LogP contribution < -0.4 is 10.2 Å². The van der Waals surface area contributed by atoms with Crippen LogP contribution in [-0.2, 0) is 12.0 Å². The third-order valence-electron chi connectivity index (χ3n) is 2.81. The Balaban J connectivity index is 3.06. The maximum absolute atomic E-state index is 4.73. The van der Waals surface area contributed by atoms with Gasteiger partial charge in [-0.05, 0) is 17.7 Å². The van der Waals surface area contributed by atoms with Crippen LogP contribution in [0.3, 0.4) is 0 Å². The minimum absolute atomic E-state index is 0.0819. The lowest BCUT2D eigenvalue weighted by molar-refractivity contribution is 0.561. The standard InChI is InChI=1S/C15H27N3/c1-11(2)16-10-12-8-13(15(3,4)5)17-14(9-12)18(6)7/h8-9,11,16H,10H2,1-7H3. The highest BCUT2D eigenvalue weighted by atomic mass is 15.1. The second-order valence-electron chi connectivity index (χ2n) is 6.40. The molecule has 1 aromatic heterocycles. The highest BCUT2D eigenvalue weighted by Crippen LogP contribution is 2.24. The summed E-state index contributed by atoms with van der Waals surface area (Å²) in [6, 6.07) is 4.87. The lowest BCUT2D eigenvalue weighted by Gasteiger charge is -2.22. The summed E-state index contributed by atoms with van der Waals surface area (Å²) in [5.41, 5.74) is 2.53. The lowest BCUT2D eigenvalue weighted by atomic mass is 9.90. The van der Waals surface area contributed by atoms with Gasteiger partial charge >= 0.3 is 0 Å². The molecule has 0 atom stereocenters. The Labute approximate surface area is 112 Å². The first-order valence-electron chi connectivity index (χ1n) is 6.62. The molecule has 0 radical (unpaired) electrons. The second kappa shape index (κ2) is 5.70. The second-order valence-corrected chi connectivity index (χ2v) is 6.40. The van der Waals surface area contributed by atoms with Crippen LogP contribution >= 0.6 is 0 Å². The van der Waals surface area contributed by atoms with E-state index in [9.17, 15) is 0 Å². The molecule has 0 bridgehead atoms. The van der Waals surface area contributed by atoms with Gasteiger partial charge in [-0.1, -0.05) is 34.6 Å². The van der Waals surface area contributed by atoms with Gasteiger partial charge in [-0.15, -0.1) is 0 Å². The highest BCUT2D eigenvalue weighted by Gasteiger charge is 2.17. The zero-order valence-electron chi connectivity index (χ0n) is 12.8. The van der Waals surface area contributed by atoms with Crippen molar-refractivity contribution in [3.63, 3.8) is 0 Å². The van der Waals surface area contributed by atoms with Gasteiger partial charge in [0, 0.05) is 37.8 Å². The van der Waals surface area contributed by atoms with Crippen LogP contribution in [0.5, 0.6) is 0 Å². The van der Waals surface area contributed by atoms with E-state index in [2.05, 4.69) is 57.0 Å². The van der Waals surface area contributed by atoms with Gasteiger partial charge in [0.25, 0.3) is 0 Å². The lowest BCUT2D eigenvalue weighted by Crippen LogP contribution is -2.23. The Hall–Kier alpha value is -1.09. The van der Waals surface area contributed by atoms with E-state index in [1.54, 1.807) is 0 Å². The van der Waals surface area contributed by atoms with E-state index >= 15 is 0 Å². The molecule has 0 spiro atoms. The molecule has 1 N–H and O–H groups in total. The predicted octanol–water partition coefficient (Wildman–Crippen LogP) is 2.94. The molecule has 0 saturated heterocycles. The average molecular weight is 249 g/mol. The van der Waals surface area contributed by atoms with Crippen molar-refractivity contribution in [2.45, 2.75) is 52.6 Å². The predicted molar refractivity (Wildman–Crippen MR) is 79.2 cm³/mol. The molecule has 0 aliphatic carbocycles. The van der Waals surface area contributed by atoms with E-state index in [1.807, 2.05) is 14.1 Å². The fraction of sp³-hybridized carbons (Fsp3) is 0.667. The molecular formula is C15H27N3. The Morgan fingerprint density at radius 2 is 1.83 bits per heavy atom. The first-order valence-corrected chi connectivity index (χ1v) is 6.62. The monoisotopic (exact) mass is 249 g/mol. The Bertz CT molecular complexity index is 389. The maximum Gasteiger partial charge on any atom is 0.128 e. The van der Waals surface area contributed by atoms with E-state index in [4.69, 9.17) is 4.98 Å². The third kappa shape index (κ3) is 4.30. The van der Waals surface area contributed by atoms with Crippen LogP contribution in [-0.4, -0.2) is 25.1 Å². The van der Waals surface area contributed by atoms with E-state index in [-0.39, 0.29) is 5.41 Å². The summed E-state index contributed by atoms with van der Waals surface area (Å²) >= 11 is 0. The van der Waals surface area contributed by atoms with Gasteiger partial charge in [-0.3, -0.25) is 0 Å². The molecule has 102 valence electrons. The Morgan fingerprint density at radius 1 is 1.22 bits per heavy atom. The van der Waals surface area contributed by atoms with Crippen molar-refractivity contribution in [3.05, 3.63) is 23.4 Å². The molecule has 3 nitrogen and oxygen atoms in total. The van der Waals surface area contributed by atoms with Gasteiger partial charge in [0.05, 0.1) is 0 Å². The molecule has 0 aromatic carbocycles. The van der Waals surface area contributed by atoms with E-state index in [0.29, 0.717) is 6.04 Å². The Morgan fingerprint density at radius 3 is 2.28 bits per heavy atom. The van der Waals surface area contributed by atoms with Crippen molar-refractivity contribution >= 4 is 5.82 Å². The Kier molecular flexibility index (Phi) is 4.74. The summed E-state index contributed by atoms with van der Waals surface area (Å²) in [6.07, 6.45) is 0. The zero-order chi connectivity index (χ0) is 13.9. The van der Waals surface area contributed by atoms with Crippen LogP contribution in [0.25, 0.3) is 0 Å². The molecule has 1 heterocycles. The summed E-state index contributed by atoms with van der Waals surface area (Å²) in [4.78, 5) is 6.79. The number of nitrogens with one attached hydrogen (secondary N) is 1. The number of hydrogen-bond donors (Lipinski definition) is 1. The van der Waals surface area contributed by atoms with Crippen molar-refractivity contribution in [1.82, 2.24) is 10.3 Å². The van der Waals surface area contributed by atoms with E-state index in [0.717, 1.165) is 18.1 Å². The van der Waals surface area contributed by atoms with Gasteiger partial charge in [0.15, 0.2) is 0 Å². The third-order valence-corrected chi connectivity index (χ3v) is 2.81. The van der Waals surface area contributed by atoms with Crippen molar-refractivity contribution in [1.29, 1.82) is 0 Å². The van der Waals surface area contributed by atoms with E-state index < -0.39 is 0 Å². The molecule has 0 amide bonds. The first kappa shape index (κ1) is 15.0. The quantitative estimate of drug-likeness (QED) is 0.889. The van der Waals surface area contributed by atoms with Crippen LogP contribution in [0.2, 0.25) is 0 Å². The van der Waals surface area contributed by atoms with Crippen molar-refractivity contribution in [3.8, 4) is 0 Å². The normalized spacial score (nSPS) is 12.0. The summed E-state index contributed by atoms with van der Waals surface area (Å²) in [5.74, 6) is 1.03. The maximum atomic E-state index is 4.73. The van der Waals surface area contributed by atoms with Gasteiger partial charge in [-0.2, -0.15) is 0 Å². The highest BCUT2D eigenvalue weighted by molar-refractivity contribution is 5.42. The van der Waals surface area contributed by atoms with Crippen molar-refractivity contribution < 1.29 is 0 Å². The topological polar surface area (TPSA) is 28.2 Å². The SMILES string of the molecule is CC(C)NCc1cc(N(C)C)nc(C(C)(C)C)c1. The minimum Gasteiger partial charge on any atom is -0.363 e. The fourth-order valence-corrected chi connectivity index (χ4v) is 1.61. The summed E-state index contributed by atoms with van der Waals surface area (Å²) < 4.78 is 0. The number of anilines is 1. The van der Waals surface area contributed by atoms with Crippen LogP contribution in [0.1, 0.15) is 45.9 Å². The molecule has 1 rings (SSSR count). The molecular weight excluding hydrogens is 222 g/mol. The molecule has 0 unspecified atom stereocenters. The van der Waals surface area contributed by atoms with Gasteiger partial charge in [0.2, 0.25) is 0 Å². The van der Waals surface area contributed by atoms with E-state index in [1.165, 1.54) is 5.56 Å². The summed E-state index contributed by atoms with van der Waals surface area (Å²) in [6.45, 7) is 11.8. The van der Waals surface area contributed by atoms with Crippen LogP contribution in [0.4, 0.5) is 5.82 Å². The molecule has 0 aliphatic rings. The minimum atomic E-state index is 0.0819. The van der Waals surface area contributed by atoms with Crippen LogP contribution in [0, 0.1) is 0 Å². The van der Waals surface area contributed by atoms with Crippen molar-refractivity contribution in [2.24, 2.45) is 0 Å². The molecule has 0 fully saturated rings. The summed E-state index contributed by atoms with van der Waals surface area (Å²) in [7, 11) is 4.07. The molecule has 18 heavy (non-hydrogen) atoms. The van der Waals surface area contributed by atoms with Crippen molar-refractivity contribution in [2.75, 3.05) is 19.0 Å². The summed E-state index contributed by atoms with van der Waals surface area (Å²) in [5, 5.41) is 3.46. The van der Waals surface area contributed by atoms with Gasteiger partial charge < -0.3 is 10.2 Å². The molecule has 1 aromatic rings. The fourth-order valence-electron chi connectivity index (χ4n) is 1.61. The molecule has 0 aliphatic heterocycles. The smallest absolute Gasteiger partial charge is 0.128 e. The number of hydrogen-bond acceptors (Lipinski definition) is 3. The number of rotatable bonds is 4. The van der Waals surface area contributed by atoms with Gasteiger partial charge in [0.1, 0.15) is 5.82 Å². The molecule has 0 saturated carbocycles. The number of pyridine rings is 1. The largest absolute Gasteiger partial charge is 0.363 e. The molecule has 3 heteroatoms. The average Bonchev–Trinajstić information content (AvgIpc) is 2.24.